The number of halogens is 2. The fourth-order valence-corrected chi connectivity index (χ4v) is 1.84. The Labute approximate surface area is 107 Å². The molecule has 5 heteroatoms. The van der Waals surface area contributed by atoms with E-state index in [1.807, 2.05) is 13.0 Å². The minimum Gasteiger partial charge on any atom is -0.436 e. The molecule has 0 saturated heterocycles. The van der Waals surface area contributed by atoms with Crippen LogP contribution in [0.1, 0.15) is 5.56 Å². The van der Waals surface area contributed by atoms with Crippen LogP contribution >= 0.6 is 15.9 Å². The number of benzene rings is 1. The molecule has 17 heavy (non-hydrogen) atoms. The van der Waals surface area contributed by atoms with E-state index < -0.39 is 5.82 Å². The molecule has 88 valence electrons. The van der Waals surface area contributed by atoms with Crippen molar-refractivity contribution >= 4 is 21.6 Å². The number of nitrogen functional groups attached to an aromatic ring is 1. The number of ether oxygens (including phenoxy) is 1. The van der Waals surface area contributed by atoms with Crippen LogP contribution in [0.2, 0.25) is 0 Å². The summed E-state index contributed by atoms with van der Waals surface area (Å²) in [7, 11) is 0. The number of pyridine rings is 1. The Morgan fingerprint density at radius 2 is 2.12 bits per heavy atom. The Kier molecular flexibility index (Phi) is 3.28. The lowest BCUT2D eigenvalue weighted by Crippen LogP contribution is -1.95. The average Bonchev–Trinajstić information content (AvgIpc) is 2.27. The van der Waals surface area contributed by atoms with Gasteiger partial charge >= 0.3 is 0 Å². The zero-order valence-corrected chi connectivity index (χ0v) is 10.7. The third kappa shape index (κ3) is 2.74. The summed E-state index contributed by atoms with van der Waals surface area (Å²) in [6.07, 6.45) is 1.66. The first-order valence-corrected chi connectivity index (χ1v) is 5.70. The molecule has 0 amide bonds. The summed E-state index contributed by atoms with van der Waals surface area (Å²) in [5.74, 6) is 0.201. The summed E-state index contributed by atoms with van der Waals surface area (Å²) in [6.45, 7) is 1.91. The molecule has 0 fully saturated rings. The molecule has 0 bridgehead atoms. The standard InChI is InChI=1S/C12H10BrFN2O/c1-7-4-9(13)12(16-6-7)17-11-5-8(14)2-3-10(11)15/h2-6H,15H2,1H3. The summed E-state index contributed by atoms with van der Waals surface area (Å²) in [6, 6.07) is 5.81. The fraction of sp³-hybridized carbons (Fsp3) is 0.0833. The van der Waals surface area contributed by atoms with Crippen molar-refractivity contribution in [3.63, 3.8) is 0 Å². The van der Waals surface area contributed by atoms with Gasteiger partial charge in [-0.05, 0) is 46.6 Å². The Balaban J connectivity index is 2.34. The van der Waals surface area contributed by atoms with Crippen LogP contribution in [0.15, 0.2) is 34.9 Å². The molecule has 2 N–H and O–H groups in total. The molecule has 0 aliphatic rings. The van der Waals surface area contributed by atoms with Crippen LogP contribution in [-0.2, 0) is 0 Å². The monoisotopic (exact) mass is 296 g/mol. The highest BCUT2D eigenvalue weighted by atomic mass is 79.9. The van der Waals surface area contributed by atoms with Crippen molar-refractivity contribution in [1.29, 1.82) is 0 Å². The number of anilines is 1. The number of rotatable bonds is 2. The van der Waals surface area contributed by atoms with E-state index in [2.05, 4.69) is 20.9 Å². The predicted molar refractivity (Wildman–Crippen MR) is 67.6 cm³/mol. The zero-order chi connectivity index (χ0) is 12.4. The molecule has 0 saturated carbocycles. The Morgan fingerprint density at radius 3 is 2.82 bits per heavy atom. The third-order valence-electron chi connectivity index (χ3n) is 2.13. The van der Waals surface area contributed by atoms with Crippen LogP contribution in [0, 0.1) is 12.7 Å². The lowest BCUT2D eigenvalue weighted by Gasteiger charge is -2.09. The zero-order valence-electron chi connectivity index (χ0n) is 9.08. The lowest BCUT2D eigenvalue weighted by molar-refractivity contribution is 0.457. The molecule has 1 heterocycles. The molecular formula is C12H10BrFN2O. The van der Waals surface area contributed by atoms with Gasteiger partial charge in [0.1, 0.15) is 5.82 Å². The molecule has 0 spiro atoms. The van der Waals surface area contributed by atoms with Gasteiger partial charge in [-0.3, -0.25) is 0 Å². The van der Waals surface area contributed by atoms with Crippen molar-refractivity contribution in [2.45, 2.75) is 6.92 Å². The Bertz CT molecular complexity index is 560. The van der Waals surface area contributed by atoms with Crippen molar-refractivity contribution in [2.75, 3.05) is 5.73 Å². The van der Waals surface area contributed by atoms with Gasteiger partial charge in [-0.2, -0.15) is 0 Å². The second-order valence-electron chi connectivity index (χ2n) is 3.58. The van der Waals surface area contributed by atoms with Crippen molar-refractivity contribution < 1.29 is 9.13 Å². The number of nitrogens with zero attached hydrogens (tertiary/aromatic N) is 1. The van der Waals surface area contributed by atoms with Gasteiger partial charge in [-0.25, -0.2) is 9.37 Å². The van der Waals surface area contributed by atoms with Gasteiger partial charge in [0.15, 0.2) is 5.75 Å². The van der Waals surface area contributed by atoms with Crippen LogP contribution in [0.25, 0.3) is 0 Å². The van der Waals surface area contributed by atoms with Crippen LogP contribution in [-0.4, -0.2) is 4.98 Å². The summed E-state index contributed by atoms with van der Waals surface area (Å²) in [5.41, 5.74) is 7.04. The van der Waals surface area contributed by atoms with E-state index in [0.717, 1.165) is 5.56 Å². The highest BCUT2D eigenvalue weighted by Crippen LogP contribution is 2.31. The maximum absolute atomic E-state index is 13.0. The van der Waals surface area contributed by atoms with Gasteiger partial charge in [0, 0.05) is 12.3 Å². The number of aromatic nitrogens is 1. The molecule has 0 aliphatic carbocycles. The molecule has 0 aliphatic heterocycles. The van der Waals surface area contributed by atoms with Crippen LogP contribution < -0.4 is 10.5 Å². The number of nitrogens with two attached hydrogens (primary N) is 1. The number of hydrogen-bond donors (Lipinski definition) is 1. The van der Waals surface area contributed by atoms with E-state index in [4.69, 9.17) is 10.5 Å². The fourth-order valence-electron chi connectivity index (χ4n) is 1.30. The van der Waals surface area contributed by atoms with E-state index in [1.54, 1.807) is 6.20 Å². The first kappa shape index (κ1) is 11.9. The molecule has 0 radical (unpaired) electrons. The number of aryl methyl sites for hydroxylation is 1. The van der Waals surface area contributed by atoms with Gasteiger partial charge in [-0.15, -0.1) is 0 Å². The van der Waals surface area contributed by atoms with Crippen molar-refractivity contribution in [3.05, 3.63) is 46.3 Å². The maximum atomic E-state index is 13.0. The molecule has 2 rings (SSSR count). The van der Waals surface area contributed by atoms with E-state index in [9.17, 15) is 4.39 Å². The van der Waals surface area contributed by atoms with Crippen molar-refractivity contribution in [3.8, 4) is 11.6 Å². The van der Waals surface area contributed by atoms with Crippen LogP contribution in [0.5, 0.6) is 11.6 Å². The van der Waals surface area contributed by atoms with Gasteiger partial charge in [-0.1, -0.05) is 0 Å². The smallest absolute Gasteiger partial charge is 0.233 e. The Morgan fingerprint density at radius 1 is 1.35 bits per heavy atom. The first-order chi connectivity index (χ1) is 8.06. The summed E-state index contributed by atoms with van der Waals surface area (Å²) >= 11 is 3.33. The third-order valence-corrected chi connectivity index (χ3v) is 2.69. The molecule has 0 atom stereocenters. The van der Waals surface area contributed by atoms with Gasteiger partial charge in [0.25, 0.3) is 0 Å². The quantitative estimate of drug-likeness (QED) is 0.860. The summed E-state index contributed by atoms with van der Waals surface area (Å²) in [4.78, 5) is 4.10. The number of hydrogen-bond acceptors (Lipinski definition) is 3. The van der Waals surface area contributed by atoms with E-state index in [-0.39, 0.29) is 5.75 Å². The second-order valence-corrected chi connectivity index (χ2v) is 4.44. The average molecular weight is 297 g/mol. The van der Waals surface area contributed by atoms with Crippen LogP contribution in [0.3, 0.4) is 0 Å². The normalized spacial score (nSPS) is 10.3. The first-order valence-electron chi connectivity index (χ1n) is 4.91. The van der Waals surface area contributed by atoms with E-state index >= 15 is 0 Å². The highest BCUT2D eigenvalue weighted by molar-refractivity contribution is 9.10. The van der Waals surface area contributed by atoms with Gasteiger partial charge < -0.3 is 10.5 Å². The van der Waals surface area contributed by atoms with Crippen molar-refractivity contribution in [2.24, 2.45) is 0 Å². The summed E-state index contributed by atoms with van der Waals surface area (Å²) < 4.78 is 19.2. The molecule has 1 aromatic carbocycles. The minimum absolute atomic E-state index is 0.252. The minimum atomic E-state index is -0.405. The lowest BCUT2D eigenvalue weighted by atomic mass is 10.3. The molecule has 0 unspecified atom stereocenters. The van der Waals surface area contributed by atoms with E-state index in [1.165, 1.54) is 18.2 Å². The van der Waals surface area contributed by atoms with E-state index in [0.29, 0.717) is 16.0 Å². The van der Waals surface area contributed by atoms with Gasteiger partial charge in [0.2, 0.25) is 5.88 Å². The maximum Gasteiger partial charge on any atom is 0.233 e. The summed E-state index contributed by atoms with van der Waals surface area (Å²) in [5, 5.41) is 0. The molecule has 2 aromatic rings. The second kappa shape index (κ2) is 4.71. The SMILES string of the molecule is Cc1cnc(Oc2cc(F)ccc2N)c(Br)c1. The predicted octanol–water partition coefficient (Wildman–Crippen LogP) is 3.67. The largest absolute Gasteiger partial charge is 0.436 e. The molecule has 1 aromatic heterocycles. The van der Waals surface area contributed by atoms with Crippen LogP contribution in [0.4, 0.5) is 10.1 Å². The van der Waals surface area contributed by atoms with Crippen molar-refractivity contribution in [1.82, 2.24) is 4.98 Å². The molecule has 3 nitrogen and oxygen atoms in total. The topological polar surface area (TPSA) is 48.1 Å². The highest BCUT2D eigenvalue weighted by Gasteiger charge is 2.08. The Hall–Kier alpha value is -1.62. The van der Waals surface area contributed by atoms with Gasteiger partial charge in [0.05, 0.1) is 10.2 Å². The molecular weight excluding hydrogens is 287 g/mol.